The minimum absolute atomic E-state index is 0.132. The smallest absolute Gasteiger partial charge is 0.324 e. The lowest BCUT2D eigenvalue weighted by atomic mass is 10.8. The molecule has 0 aromatic carbocycles. The van der Waals surface area contributed by atoms with Crippen LogP contribution in [0.4, 0.5) is 0 Å². The number of hydrogen-bond donors (Lipinski definition) is 0. The van der Waals surface area contributed by atoms with Gasteiger partial charge >= 0.3 is 12.0 Å². The van der Waals surface area contributed by atoms with Crippen LogP contribution < -0.4 is 9.47 Å². The fraction of sp³-hybridized carbons (Fsp3) is 0.333. The van der Waals surface area contributed by atoms with Crippen molar-refractivity contribution in [2.45, 2.75) is 0 Å². The minimum atomic E-state index is 0.132. The molecular weight excluding hydrogens is 202 g/mol. The largest absolute Gasteiger partial charge is 0.467 e. The van der Waals surface area contributed by atoms with Crippen molar-refractivity contribution in [1.82, 2.24) is 35.2 Å². The summed E-state index contributed by atoms with van der Waals surface area (Å²) in [4.78, 5) is 11.7. The Bertz CT molecular complexity index is 420. The summed E-state index contributed by atoms with van der Waals surface area (Å²) < 4.78 is 11.0. The summed E-state index contributed by atoms with van der Waals surface area (Å²) in [7, 11) is 2.89. The number of aromatic nitrogens is 7. The predicted molar refractivity (Wildman–Crippen MR) is 45.6 cm³/mol. The molecule has 2 rings (SSSR count). The van der Waals surface area contributed by atoms with Gasteiger partial charge in [0.2, 0.25) is 0 Å². The molecule has 2 aromatic rings. The maximum absolute atomic E-state index is 4.87. The van der Waals surface area contributed by atoms with Crippen LogP contribution in [0.1, 0.15) is 0 Å². The lowest BCUT2D eigenvalue weighted by molar-refractivity contribution is 0.338. The summed E-state index contributed by atoms with van der Waals surface area (Å²) in [5.41, 5.74) is 0. The molecule has 9 heteroatoms. The second-order valence-corrected chi connectivity index (χ2v) is 2.36. The summed E-state index contributed by atoms with van der Waals surface area (Å²) in [6, 6.07) is 0.264. The number of hydrogen-bond acceptors (Lipinski definition) is 8. The predicted octanol–water partition coefficient (Wildman–Crippen LogP) is -1.14. The van der Waals surface area contributed by atoms with E-state index >= 15 is 0 Å². The van der Waals surface area contributed by atoms with Crippen LogP contribution in [-0.4, -0.2) is 49.4 Å². The van der Waals surface area contributed by atoms with Gasteiger partial charge in [0, 0.05) is 0 Å². The van der Waals surface area contributed by atoms with Crippen LogP contribution in [0, 0.1) is 0 Å². The van der Waals surface area contributed by atoms with Gasteiger partial charge < -0.3 is 9.47 Å². The molecule has 9 nitrogen and oxygen atoms in total. The maximum Gasteiger partial charge on any atom is 0.324 e. The van der Waals surface area contributed by atoms with Crippen molar-refractivity contribution in [2.75, 3.05) is 14.2 Å². The SMILES string of the molecule is COc1nc(OC)nc(-n2cnnn2)n1. The number of nitrogens with zero attached hydrogens (tertiary/aromatic N) is 7. The summed E-state index contributed by atoms with van der Waals surface area (Å²) in [5.74, 6) is 0.226. The van der Waals surface area contributed by atoms with Gasteiger partial charge in [-0.1, -0.05) is 0 Å². The molecule has 0 saturated heterocycles. The molecule has 2 aromatic heterocycles. The molecule has 0 atom stereocenters. The highest BCUT2D eigenvalue weighted by atomic mass is 16.5. The molecule has 0 fully saturated rings. The van der Waals surface area contributed by atoms with Crippen LogP contribution in [0.25, 0.3) is 5.95 Å². The fourth-order valence-corrected chi connectivity index (χ4v) is 0.866. The molecule has 0 unspecified atom stereocenters. The molecule has 0 bridgehead atoms. The highest BCUT2D eigenvalue weighted by Crippen LogP contribution is 2.10. The van der Waals surface area contributed by atoms with Crippen LogP contribution in [0.2, 0.25) is 0 Å². The monoisotopic (exact) mass is 209 g/mol. The van der Waals surface area contributed by atoms with Gasteiger partial charge in [-0.3, -0.25) is 0 Å². The molecule has 0 N–H and O–H groups in total. The first-order chi connectivity index (χ1) is 7.33. The Morgan fingerprint density at radius 1 is 1.07 bits per heavy atom. The maximum atomic E-state index is 4.87. The first kappa shape index (κ1) is 9.24. The second kappa shape index (κ2) is 3.82. The van der Waals surface area contributed by atoms with Crippen molar-refractivity contribution in [3.63, 3.8) is 0 Å². The third-order valence-electron chi connectivity index (χ3n) is 1.50. The molecule has 2 heterocycles. The van der Waals surface area contributed by atoms with Gasteiger partial charge in [-0.05, 0) is 10.4 Å². The van der Waals surface area contributed by atoms with Crippen LogP contribution >= 0.6 is 0 Å². The minimum Gasteiger partial charge on any atom is -0.467 e. The van der Waals surface area contributed by atoms with E-state index in [2.05, 4.69) is 30.5 Å². The highest BCUT2D eigenvalue weighted by Gasteiger charge is 2.09. The van der Waals surface area contributed by atoms with E-state index in [-0.39, 0.29) is 18.0 Å². The van der Waals surface area contributed by atoms with Crippen LogP contribution in [0.5, 0.6) is 12.0 Å². The summed E-state index contributed by atoms with van der Waals surface area (Å²) in [6.07, 6.45) is 1.36. The molecule has 0 spiro atoms. The van der Waals surface area contributed by atoms with Gasteiger partial charge in [0.15, 0.2) is 0 Å². The first-order valence-corrected chi connectivity index (χ1v) is 3.91. The Hall–Kier alpha value is -2.32. The van der Waals surface area contributed by atoms with Crippen molar-refractivity contribution in [3.8, 4) is 18.0 Å². The molecule has 0 aliphatic heterocycles. The Morgan fingerprint density at radius 2 is 1.73 bits per heavy atom. The van der Waals surface area contributed by atoms with Gasteiger partial charge in [-0.15, -0.1) is 10.1 Å². The summed E-state index contributed by atoms with van der Waals surface area (Å²) in [5, 5.41) is 10.5. The number of methoxy groups -OCH3 is 2. The third kappa shape index (κ3) is 1.80. The second-order valence-electron chi connectivity index (χ2n) is 2.36. The van der Waals surface area contributed by atoms with Crippen molar-refractivity contribution in [3.05, 3.63) is 6.33 Å². The van der Waals surface area contributed by atoms with Crippen LogP contribution in [0.3, 0.4) is 0 Å². The quantitative estimate of drug-likeness (QED) is 0.625. The zero-order valence-corrected chi connectivity index (χ0v) is 8.02. The van der Waals surface area contributed by atoms with Crippen molar-refractivity contribution in [1.29, 1.82) is 0 Å². The molecule has 78 valence electrons. The number of tetrazole rings is 1. The average Bonchev–Trinajstić information content (AvgIpc) is 2.81. The summed E-state index contributed by atoms with van der Waals surface area (Å²) >= 11 is 0. The van der Waals surface area contributed by atoms with E-state index in [0.717, 1.165) is 0 Å². The molecule has 0 amide bonds. The Balaban J connectivity index is 2.47. The molecule has 0 saturated carbocycles. The Labute approximate surface area is 84.1 Å². The highest BCUT2D eigenvalue weighted by molar-refractivity contribution is 5.14. The van der Waals surface area contributed by atoms with E-state index < -0.39 is 0 Å². The summed E-state index contributed by atoms with van der Waals surface area (Å²) in [6.45, 7) is 0. The number of ether oxygens (including phenoxy) is 2. The van der Waals surface area contributed by atoms with E-state index in [1.54, 1.807) is 0 Å². The van der Waals surface area contributed by atoms with Gasteiger partial charge in [-0.2, -0.15) is 14.6 Å². The van der Waals surface area contributed by atoms with Crippen molar-refractivity contribution >= 4 is 0 Å². The lowest BCUT2D eigenvalue weighted by Crippen LogP contribution is -2.07. The van der Waals surface area contributed by atoms with E-state index in [4.69, 9.17) is 9.47 Å². The van der Waals surface area contributed by atoms with Gasteiger partial charge in [0.25, 0.3) is 5.95 Å². The lowest BCUT2D eigenvalue weighted by Gasteiger charge is -2.03. The zero-order valence-electron chi connectivity index (χ0n) is 8.02. The Kier molecular flexibility index (Phi) is 2.35. The van der Waals surface area contributed by atoms with Gasteiger partial charge in [-0.25, -0.2) is 0 Å². The zero-order chi connectivity index (χ0) is 10.7. The van der Waals surface area contributed by atoms with E-state index in [1.807, 2.05) is 0 Å². The van der Waals surface area contributed by atoms with E-state index in [0.29, 0.717) is 0 Å². The fourth-order valence-electron chi connectivity index (χ4n) is 0.866. The van der Waals surface area contributed by atoms with E-state index in [1.165, 1.54) is 25.2 Å². The molecule has 0 radical (unpaired) electrons. The normalized spacial score (nSPS) is 10.0. The van der Waals surface area contributed by atoms with Crippen molar-refractivity contribution in [2.24, 2.45) is 0 Å². The molecule has 0 aliphatic rings. The van der Waals surface area contributed by atoms with Crippen LogP contribution in [-0.2, 0) is 0 Å². The third-order valence-corrected chi connectivity index (χ3v) is 1.50. The van der Waals surface area contributed by atoms with Gasteiger partial charge in [0.05, 0.1) is 14.2 Å². The Morgan fingerprint density at radius 3 is 2.20 bits per heavy atom. The standard InChI is InChI=1S/C6H7N7O2/c1-14-5-8-4(9-6(10-5)15-2)13-3-7-11-12-13/h3H,1-2H3. The van der Waals surface area contributed by atoms with Gasteiger partial charge in [0.1, 0.15) is 6.33 Å². The number of rotatable bonds is 3. The average molecular weight is 209 g/mol. The topological polar surface area (TPSA) is 101 Å². The van der Waals surface area contributed by atoms with Crippen LogP contribution in [0.15, 0.2) is 6.33 Å². The van der Waals surface area contributed by atoms with E-state index in [9.17, 15) is 0 Å². The van der Waals surface area contributed by atoms with Crippen molar-refractivity contribution < 1.29 is 9.47 Å². The first-order valence-electron chi connectivity index (χ1n) is 3.91. The molecule has 15 heavy (non-hydrogen) atoms. The molecule has 0 aliphatic carbocycles. The molecular formula is C6H7N7O2.